The molecule has 0 rings (SSSR count). The van der Waals surface area contributed by atoms with Crippen molar-refractivity contribution < 1.29 is 24.5 Å². The van der Waals surface area contributed by atoms with Crippen molar-refractivity contribution in [3.05, 3.63) is 12.2 Å². The lowest BCUT2D eigenvalue weighted by molar-refractivity contribution is -0.151. The summed E-state index contributed by atoms with van der Waals surface area (Å²) in [6.45, 7) is 6.48. The first-order valence-corrected chi connectivity index (χ1v) is 25.9. The third-order valence-corrected chi connectivity index (χ3v) is 12.1. The number of hydrogen-bond acceptors (Lipinski definition) is 5. The number of nitrogens with one attached hydrogen (secondary N) is 1. The predicted octanol–water partition coefficient (Wildman–Crippen LogP) is 15.3. The van der Waals surface area contributed by atoms with E-state index in [1.54, 1.807) is 0 Å². The number of carbonyl (C=O) groups excluding carboxylic acids is 2. The van der Waals surface area contributed by atoms with Crippen molar-refractivity contribution in [2.45, 2.75) is 302 Å². The normalized spacial score (nSPS) is 13.3. The minimum absolute atomic E-state index is 0.0784. The van der Waals surface area contributed by atoms with E-state index in [2.05, 4.69) is 38.2 Å². The van der Waals surface area contributed by atoms with Gasteiger partial charge in [-0.2, -0.15) is 0 Å². The van der Waals surface area contributed by atoms with Crippen molar-refractivity contribution in [2.75, 3.05) is 6.61 Å². The summed E-state index contributed by atoms with van der Waals surface area (Å²) < 4.78 is 5.91. The van der Waals surface area contributed by atoms with Gasteiger partial charge >= 0.3 is 5.97 Å². The summed E-state index contributed by atoms with van der Waals surface area (Å²) in [5, 5.41) is 23.8. The molecule has 0 aromatic heterocycles. The Morgan fingerprint density at radius 3 is 1.22 bits per heavy atom. The molecule has 58 heavy (non-hydrogen) atoms. The maximum atomic E-state index is 13.2. The summed E-state index contributed by atoms with van der Waals surface area (Å²) in [5.74, 6) is -0.469. The first kappa shape index (κ1) is 56.6. The Balaban J connectivity index is 4.49. The standard InChI is InChI=1S/C52H101NO5/c1-4-7-10-13-16-19-21-23-25-27-29-32-34-37-40-43-48(58-52(57)45-42-39-36-31-18-15-12-9-6-3)46-51(56)53-49(47-54)50(55)44-41-38-35-33-30-28-26-24-22-20-17-14-11-8-5-2/h23,25,48-50,54-55H,4-22,24,26-47H2,1-3H3,(H,53,56)/b25-23+. The maximum absolute atomic E-state index is 13.2. The van der Waals surface area contributed by atoms with E-state index in [9.17, 15) is 19.8 Å². The highest BCUT2D eigenvalue weighted by atomic mass is 16.5. The van der Waals surface area contributed by atoms with Gasteiger partial charge in [0.2, 0.25) is 5.91 Å². The monoisotopic (exact) mass is 820 g/mol. The number of ether oxygens (including phenoxy) is 1. The van der Waals surface area contributed by atoms with Crippen molar-refractivity contribution in [3.8, 4) is 0 Å². The number of carbonyl (C=O) groups is 2. The number of amides is 1. The quantitative estimate of drug-likeness (QED) is 0.0323. The van der Waals surface area contributed by atoms with Crippen LogP contribution in [-0.2, 0) is 14.3 Å². The van der Waals surface area contributed by atoms with Crippen LogP contribution in [0.25, 0.3) is 0 Å². The number of hydrogen-bond donors (Lipinski definition) is 3. The number of esters is 1. The van der Waals surface area contributed by atoms with Crippen LogP contribution in [0, 0.1) is 0 Å². The van der Waals surface area contributed by atoms with Gasteiger partial charge in [0.1, 0.15) is 6.10 Å². The second kappa shape index (κ2) is 46.7. The molecule has 0 bridgehead atoms. The predicted molar refractivity (Wildman–Crippen MR) is 250 cm³/mol. The Morgan fingerprint density at radius 1 is 0.483 bits per heavy atom. The van der Waals surface area contributed by atoms with Gasteiger partial charge < -0.3 is 20.3 Å². The molecule has 0 fully saturated rings. The summed E-state index contributed by atoms with van der Waals surface area (Å²) in [4.78, 5) is 26.0. The highest BCUT2D eigenvalue weighted by molar-refractivity contribution is 5.77. The second-order valence-corrected chi connectivity index (χ2v) is 17.9. The van der Waals surface area contributed by atoms with Crippen LogP contribution in [0.1, 0.15) is 284 Å². The van der Waals surface area contributed by atoms with Crippen LogP contribution < -0.4 is 5.32 Å². The van der Waals surface area contributed by atoms with Gasteiger partial charge in [-0.3, -0.25) is 9.59 Å². The molecule has 344 valence electrons. The smallest absolute Gasteiger partial charge is 0.306 e. The zero-order valence-electron chi connectivity index (χ0n) is 39.2. The third kappa shape index (κ3) is 41.3. The molecule has 0 heterocycles. The molecule has 3 atom stereocenters. The minimum atomic E-state index is -0.783. The molecule has 0 saturated heterocycles. The van der Waals surface area contributed by atoms with Crippen LogP contribution in [0.2, 0.25) is 0 Å². The molecule has 1 amide bonds. The largest absolute Gasteiger partial charge is 0.462 e. The van der Waals surface area contributed by atoms with Crippen LogP contribution in [-0.4, -0.2) is 46.9 Å². The summed E-state index contributed by atoms with van der Waals surface area (Å²) in [6, 6.07) is -0.697. The molecule has 0 radical (unpaired) electrons. The average molecular weight is 820 g/mol. The molecule has 0 aliphatic heterocycles. The summed E-state index contributed by atoms with van der Waals surface area (Å²) in [7, 11) is 0. The summed E-state index contributed by atoms with van der Waals surface area (Å²) in [5.41, 5.74) is 0. The Labute approximate surface area is 361 Å². The van der Waals surface area contributed by atoms with Gasteiger partial charge in [0.25, 0.3) is 0 Å². The maximum Gasteiger partial charge on any atom is 0.306 e. The van der Waals surface area contributed by atoms with Gasteiger partial charge in [-0.1, -0.05) is 232 Å². The molecule has 6 nitrogen and oxygen atoms in total. The average Bonchev–Trinajstić information content (AvgIpc) is 3.22. The molecule has 0 aromatic rings. The lowest BCUT2D eigenvalue weighted by Crippen LogP contribution is -2.46. The van der Waals surface area contributed by atoms with Crippen LogP contribution in [0.3, 0.4) is 0 Å². The van der Waals surface area contributed by atoms with E-state index in [4.69, 9.17) is 4.74 Å². The Kier molecular flexibility index (Phi) is 45.5. The SMILES string of the molecule is CCCCCCCC/C=C/CCCCCCCC(CC(=O)NC(CO)C(O)CCCCCCCCCCCCCCCCC)OC(=O)CCCCCCCCCCC. The lowest BCUT2D eigenvalue weighted by atomic mass is 10.0. The van der Waals surface area contributed by atoms with Gasteiger partial charge in [0.05, 0.1) is 25.2 Å². The van der Waals surface area contributed by atoms with Crippen LogP contribution in [0.4, 0.5) is 0 Å². The minimum Gasteiger partial charge on any atom is -0.462 e. The second-order valence-electron chi connectivity index (χ2n) is 17.9. The van der Waals surface area contributed by atoms with Crippen molar-refractivity contribution in [3.63, 3.8) is 0 Å². The van der Waals surface area contributed by atoms with Gasteiger partial charge in [0.15, 0.2) is 0 Å². The molecular formula is C52H101NO5. The lowest BCUT2D eigenvalue weighted by Gasteiger charge is -2.24. The zero-order chi connectivity index (χ0) is 42.4. The Hall–Kier alpha value is -1.40. The Morgan fingerprint density at radius 2 is 0.828 bits per heavy atom. The van der Waals surface area contributed by atoms with Crippen LogP contribution in [0.5, 0.6) is 0 Å². The first-order valence-electron chi connectivity index (χ1n) is 25.9. The van der Waals surface area contributed by atoms with Gasteiger partial charge in [-0.05, 0) is 51.4 Å². The van der Waals surface area contributed by atoms with Crippen molar-refractivity contribution in [1.29, 1.82) is 0 Å². The fourth-order valence-corrected chi connectivity index (χ4v) is 8.13. The van der Waals surface area contributed by atoms with E-state index in [1.165, 1.54) is 180 Å². The zero-order valence-corrected chi connectivity index (χ0v) is 39.2. The number of aliphatic hydroxyl groups excluding tert-OH is 2. The van der Waals surface area contributed by atoms with Crippen molar-refractivity contribution >= 4 is 11.9 Å². The van der Waals surface area contributed by atoms with Gasteiger partial charge in [-0.25, -0.2) is 0 Å². The molecule has 3 N–H and O–H groups in total. The molecule has 0 spiro atoms. The Bertz CT molecular complexity index is 878. The van der Waals surface area contributed by atoms with E-state index in [0.29, 0.717) is 19.3 Å². The van der Waals surface area contributed by atoms with Crippen molar-refractivity contribution in [1.82, 2.24) is 5.32 Å². The van der Waals surface area contributed by atoms with E-state index in [0.717, 1.165) is 57.8 Å². The number of unbranched alkanes of at least 4 members (excludes halogenated alkanes) is 33. The van der Waals surface area contributed by atoms with Gasteiger partial charge in [0, 0.05) is 6.42 Å². The van der Waals surface area contributed by atoms with E-state index in [1.807, 2.05) is 0 Å². The highest BCUT2D eigenvalue weighted by Gasteiger charge is 2.24. The van der Waals surface area contributed by atoms with Crippen molar-refractivity contribution in [2.24, 2.45) is 0 Å². The molecule has 3 unspecified atom stereocenters. The fourth-order valence-electron chi connectivity index (χ4n) is 8.13. The first-order chi connectivity index (χ1) is 28.5. The molecule has 0 aliphatic rings. The number of rotatable bonds is 47. The van der Waals surface area contributed by atoms with E-state index in [-0.39, 0.29) is 24.9 Å². The number of aliphatic hydroxyl groups is 2. The van der Waals surface area contributed by atoms with Gasteiger partial charge in [-0.15, -0.1) is 0 Å². The third-order valence-electron chi connectivity index (χ3n) is 12.1. The molecule has 0 aromatic carbocycles. The highest BCUT2D eigenvalue weighted by Crippen LogP contribution is 2.18. The summed E-state index contributed by atoms with van der Waals surface area (Å²) >= 11 is 0. The fraction of sp³-hybridized carbons (Fsp3) is 0.923. The molecule has 6 heteroatoms. The topological polar surface area (TPSA) is 95.9 Å². The van der Waals surface area contributed by atoms with Crippen LogP contribution in [0.15, 0.2) is 12.2 Å². The van der Waals surface area contributed by atoms with E-state index >= 15 is 0 Å². The molecule has 0 saturated carbocycles. The van der Waals surface area contributed by atoms with Crippen LogP contribution >= 0.6 is 0 Å². The molecule has 0 aliphatic carbocycles. The molecular weight excluding hydrogens is 719 g/mol. The number of allylic oxidation sites excluding steroid dienone is 2. The summed E-state index contributed by atoms with van der Waals surface area (Å²) in [6.07, 6.45) is 51.3. The van der Waals surface area contributed by atoms with E-state index < -0.39 is 18.2 Å².